The fourth-order valence-corrected chi connectivity index (χ4v) is 16.6. The summed E-state index contributed by atoms with van der Waals surface area (Å²) in [5.74, 6) is 2.86. The van der Waals surface area contributed by atoms with Crippen molar-refractivity contribution in [1.29, 1.82) is 0 Å². The molecule has 4 amide bonds. The number of H-pyrrole nitrogens is 2. The number of carbonyl (C=O) groups excluding carboxylic acids is 5. The highest BCUT2D eigenvalue weighted by molar-refractivity contribution is 6.05. The van der Waals surface area contributed by atoms with Gasteiger partial charge in [-0.3, -0.25) is 59.3 Å². The Bertz CT molecular complexity index is 5100. The average Bonchev–Trinajstić information content (AvgIpc) is 0.902. The molecule has 10 heterocycles. The molecule has 0 aliphatic carbocycles. The number of piperidine rings is 4. The number of aryl methyl sites for hydroxylation is 2. The number of imide groups is 2. The Labute approximate surface area is 649 Å². The van der Waals surface area contributed by atoms with Crippen molar-refractivity contribution >= 4 is 79.0 Å². The third kappa shape index (κ3) is 17.7. The third-order valence-corrected chi connectivity index (χ3v) is 22.7. The number of nitrogens with zero attached hydrogens (tertiary/aromatic N) is 7. The number of benzene rings is 6. The summed E-state index contributed by atoms with van der Waals surface area (Å²) in [5, 5.41) is 26.7. The molecule has 111 heavy (non-hydrogen) atoms. The number of aromatic amines is 2. The van der Waals surface area contributed by atoms with Gasteiger partial charge in [-0.1, -0.05) is 55.1 Å². The lowest BCUT2D eigenvalue weighted by atomic mass is 9.85. The van der Waals surface area contributed by atoms with Crippen LogP contribution in [0.2, 0.25) is 6.55 Å². The lowest BCUT2D eigenvalue weighted by Gasteiger charge is -2.35. The van der Waals surface area contributed by atoms with Gasteiger partial charge in [0.1, 0.15) is 40.1 Å². The van der Waals surface area contributed by atoms with E-state index in [-0.39, 0.29) is 46.7 Å². The number of carbonyl (C=O) groups is 5. The number of hydrogen-bond acceptors (Lipinski definition) is 18. The minimum atomic E-state index is -0.339. The topological polar surface area (TPSA) is 281 Å². The van der Waals surface area contributed by atoms with Crippen LogP contribution >= 0.6 is 0 Å². The molecule has 4 saturated heterocycles. The summed E-state index contributed by atoms with van der Waals surface area (Å²) in [6.07, 6.45) is 19.4. The van der Waals surface area contributed by atoms with Gasteiger partial charge in [-0.05, 0) is 200 Å². The van der Waals surface area contributed by atoms with Crippen molar-refractivity contribution in [3.63, 3.8) is 0 Å². The van der Waals surface area contributed by atoms with Crippen molar-refractivity contribution in [2.75, 3.05) is 82.8 Å². The van der Waals surface area contributed by atoms with E-state index in [1.165, 1.54) is 71.7 Å². The van der Waals surface area contributed by atoms with Crippen LogP contribution in [0.4, 0.5) is 17.1 Å². The van der Waals surface area contributed by atoms with Gasteiger partial charge in [0.2, 0.25) is 23.6 Å². The minimum absolute atomic E-state index is 0.120. The van der Waals surface area contributed by atoms with Crippen molar-refractivity contribution in [2.45, 2.75) is 116 Å². The van der Waals surface area contributed by atoms with Gasteiger partial charge < -0.3 is 48.5 Å². The van der Waals surface area contributed by atoms with Crippen molar-refractivity contribution in [3.8, 4) is 45.3 Å². The monoisotopic (exact) mass is 1520 g/mol. The van der Waals surface area contributed by atoms with Gasteiger partial charge >= 0.3 is 0 Å². The summed E-state index contributed by atoms with van der Waals surface area (Å²) in [5.41, 5.74) is 18.8. The number of rotatable bonds is 19. The number of aldehydes is 1. The lowest BCUT2D eigenvalue weighted by Crippen LogP contribution is -2.47. The second-order valence-corrected chi connectivity index (χ2v) is 29.5. The number of fused-ring (bicyclic) bond motifs is 4. The molecule has 6 aliphatic rings. The van der Waals surface area contributed by atoms with E-state index in [9.17, 15) is 33.6 Å². The quantitative estimate of drug-likeness (QED) is 0.0249. The van der Waals surface area contributed by atoms with Crippen LogP contribution in [-0.2, 0) is 85.0 Å². The van der Waals surface area contributed by atoms with Crippen LogP contribution in [0.5, 0.6) is 23.0 Å². The average molecular weight is 1520 g/mol. The van der Waals surface area contributed by atoms with Crippen molar-refractivity contribution in [3.05, 3.63) is 205 Å². The molecule has 6 N–H and O–H groups in total. The molecule has 6 aromatic carbocycles. The number of nitrogens with one attached hydrogen (secondary N) is 6. The van der Waals surface area contributed by atoms with Crippen LogP contribution in [0.3, 0.4) is 0 Å². The van der Waals surface area contributed by atoms with E-state index < -0.39 is 0 Å². The maximum atomic E-state index is 12.7. The number of methoxy groups -OCH3 is 4. The van der Waals surface area contributed by atoms with Gasteiger partial charge in [-0.25, -0.2) is 0 Å². The minimum Gasteiger partial charge on any atom is -0.496 e. The molecule has 6 aliphatic heterocycles. The van der Waals surface area contributed by atoms with Gasteiger partial charge in [0.15, 0.2) is 6.29 Å². The van der Waals surface area contributed by atoms with Gasteiger partial charge in [-0.15, -0.1) is 0 Å². The van der Waals surface area contributed by atoms with Crippen LogP contribution in [0.1, 0.15) is 106 Å². The fraction of sp³-hybridized carbons (Fsp3) is 0.384. The summed E-state index contributed by atoms with van der Waals surface area (Å²) in [7, 11) is 12.7. The number of ether oxygens (including phenoxy) is 4. The van der Waals surface area contributed by atoms with Crippen LogP contribution in [0.25, 0.3) is 44.1 Å². The zero-order chi connectivity index (χ0) is 77.8. The smallest absolute Gasteiger partial charge is 0.276 e. The second kappa shape index (κ2) is 35.7. The van der Waals surface area contributed by atoms with Gasteiger partial charge in [-0.2, -0.15) is 10.2 Å². The number of amides is 4. The highest BCUT2D eigenvalue weighted by Crippen LogP contribution is 2.41. The van der Waals surface area contributed by atoms with Crippen LogP contribution < -0.4 is 61.1 Å². The van der Waals surface area contributed by atoms with Gasteiger partial charge in [0, 0.05) is 147 Å². The molecule has 2 atom stereocenters. The third-order valence-electron chi connectivity index (χ3n) is 22.7. The number of aromatic nitrogens is 6. The van der Waals surface area contributed by atoms with Crippen molar-refractivity contribution in [2.24, 2.45) is 31.8 Å². The summed E-state index contributed by atoms with van der Waals surface area (Å²) in [6, 6.07) is 37.9. The molecule has 4 aromatic heterocycles. The number of anilines is 3. The largest absolute Gasteiger partial charge is 0.496 e. The van der Waals surface area contributed by atoms with Crippen molar-refractivity contribution in [1.82, 2.24) is 50.4 Å². The van der Waals surface area contributed by atoms with E-state index >= 15 is 0 Å². The van der Waals surface area contributed by atoms with Crippen LogP contribution in [0.15, 0.2) is 144 Å². The fourth-order valence-electron chi connectivity index (χ4n) is 16.6. The standard InChI is InChI=1S/C43H48N6O5.C26H32N4O2.C16H15N3O4.CH3Si/c1-47-25-36(35-23-44-46-41(35)43(47)52)32-21-38(53-2)37(39(22-32)54-3)26-48-16-15-34-29(5-4-6-31(34)24-48)19-28-13-17-49(18-14-28)33-10-7-27(8-11-33)20-30-9-12-40(50)45-42(30)51;31-25-9-8-24(26(32)29-25)28-21-4-6-22(7-5-21)30-14-11-18(12-15-30)16-19-2-1-3-20-17-27-13-10-23(19)20;1-19-7-11(10-6-17-18-15(10)16(19)21)9-4-13(22-2)12(8-20)14(5-9)23-3;1-2/h4-8,10-11,21-23,25,28,30H,9,12-20,24,26H2,1-3H3,(H,44,46)(H,45,50,51);1-7,18,24,27-28H,8-17H2,(H,29,31,32);4-8H,1-3H3,(H,17,18);1H3. The van der Waals surface area contributed by atoms with Crippen molar-refractivity contribution < 1.29 is 42.9 Å². The lowest BCUT2D eigenvalue weighted by molar-refractivity contribution is -0.137. The molecule has 16 rings (SSSR count). The normalized spacial score (nSPS) is 17.4. The molecular formula is C86H98N13O11Si. The Morgan fingerprint density at radius 3 is 1.56 bits per heavy atom. The number of hydrogen-bond donors (Lipinski definition) is 6. The first kappa shape index (κ1) is 78.0. The second-order valence-electron chi connectivity index (χ2n) is 29.5. The molecular weight excluding hydrogens is 1420 g/mol. The van der Waals surface area contributed by atoms with E-state index in [0.717, 1.165) is 146 Å². The molecule has 0 bridgehead atoms. The van der Waals surface area contributed by atoms with Crippen LogP contribution in [-0.4, -0.2) is 148 Å². The maximum Gasteiger partial charge on any atom is 0.276 e. The highest BCUT2D eigenvalue weighted by Gasteiger charge is 2.31. The predicted octanol–water partition coefficient (Wildman–Crippen LogP) is 10.5. The summed E-state index contributed by atoms with van der Waals surface area (Å²) in [4.78, 5) is 90.4. The molecule has 3 radical (unpaired) electrons. The van der Waals surface area contributed by atoms with E-state index in [4.69, 9.17) is 18.9 Å². The first-order valence-corrected chi connectivity index (χ1v) is 39.3. The molecule has 24 nitrogen and oxygen atoms in total. The summed E-state index contributed by atoms with van der Waals surface area (Å²) in [6.45, 7) is 10.7. The first-order valence-electron chi connectivity index (χ1n) is 38.3. The van der Waals surface area contributed by atoms with Gasteiger partial charge in [0.05, 0.1) is 52.0 Å². The van der Waals surface area contributed by atoms with E-state index in [1.807, 2.05) is 30.5 Å². The Kier molecular flexibility index (Phi) is 25.1. The summed E-state index contributed by atoms with van der Waals surface area (Å²) < 4.78 is 25.5. The molecule has 10 aromatic rings. The zero-order valence-electron chi connectivity index (χ0n) is 64.3. The Morgan fingerprint density at radius 2 is 1.05 bits per heavy atom. The predicted molar refractivity (Wildman–Crippen MR) is 432 cm³/mol. The maximum absolute atomic E-state index is 12.7. The molecule has 2 unspecified atom stereocenters. The Balaban J connectivity index is 0.000000160. The Morgan fingerprint density at radius 1 is 0.550 bits per heavy atom. The molecule has 0 spiro atoms. The SMILES string of the molecule is COc1cc(-c2cn(C)c(=O)c3[nH]ncc23)cc(OC)c1C=O.COc1cc(-c2cn(C)c(=O)c3[nH]ncc23)cc(OC)c1CN1CCc2c(CC3CCN(c4ccc(CC5CCC(=O)NC5=O)cc4)CC3)cccc2C1.C[Si].O=C1CCC(Nc2ccc(N3CCC(Cc4cccc5c4CCNC5)CC3)cc2)C(=O)N1. The molecule has 4 fully saturated rings. The van der Waals surface area contributed by atoms with E-state index in [0.29, 0.717) is 84.3 Å². The van der Waals surface area contributed by atoms with E-state index in [2.05, 4.69) is 139 Å². The van der Waals surface area contributed by atoms with E-state index in [1.54, 1.807) is 81.3 Å². The zero-order valence-corrected chi connectivity index (χ0v) is 65.3. The molecule has 577 valence electrons. The number of pyridine rings is 2. The van der Waals surface area contributed by atoms with Crippen LogP contribution in [0, 0.1) is 17.8 Å². The summed E-state index contributed by atoms with van der Waals surface area (Å²) >= 11 is 0. The molecule has 25 heteroatoms. The molecule has 0 saturated carbocycles. The first-order chi connectivity index (χ1) is 54.0. The Hall–Kier alpha value is -11.2. The van der Waals surface area contributed by atoms with Gasteiger partial charge in [0.25, 0.3) is 11.1 Å². The highest BCUT2D eigenvalue weighted by atomic mass is 28.1.